The molecule has 0 saturated carbocycles. The number of para-hydroxylation sites is 1. The molecule has 0 bridgehead atoms. The van der Waals surface area contributed by atoms with E-state index in [-0.39, 0.29) is 5.91 Å². The zero-order chi connectivity index (χ0) is 18.1. The van der Waals surface area contributed by atoms with E-state index in [1.54, 1.807) is 12.1 Å². The van der Waals surface area contributed by atoms with Gasteiger partial charge in [-0.25, -0.2) is 0 Å². The number of carbonyl (C=O) groups excluding carboxylic acids is 1. The van der Waals surface area contributed by atoms with Crippen molar-refractivity contribution in [3.63, 3.8) is 0 Å². The third kappa shape index (κ3) is 5.31. The summed E-state index contributed by atoms with van der Waals surface area (Å²) in [5, 5.41) is 2.83. The van der Waals surface area contributed by atoms with Crippen LogP contribution in [0.4, 0.5) is 5.69 Å². The second kappa shape index (κ2) is 9.42. The van der Waals surface area contributed by atoms with Gasteiger partial charge in [0.2, 0.25) is 11.7 Å². The van der Waals surface area contributed by atoms with E-state index in [1.165, 1.54) is 21.3 Å². The zero-order valence-electron chi connectivity index (χ0n) is 14.7. The van der Waals surface area contributed by atoms with E-state index >= 15 is 0 Å². The average molecular weight is 345 g/mol. The molecule has 0 unspecified atom stereocenters. The van der Waals surface area contributed by atoms with Crippen LogP contribution in [-0.2, 0) is 4.79 Å². The van der Waals surface area contributed by atoms with Crippen LogP contribution in [-0.4, -0.2) is 33.8 Å². The fourth-order valence-corrected chi connectivity index (χ4v) is 2.32. The summed E-state index contributed by atoms with van der Waals surface area (Å²) in [6.07, 6.45) is 0.967. The first kappa shape index (κ1) is 18.4. The molecular formula is C19H23NO5. The molecule has 0 fully saturated rings. The minimum absolute atomic E-state index is 0.106. The van der Waals surface area contributed by atoms with Crippen molar-refractivity contribution in [3.8, 4) is 23.0 Å². The van der Waals surface area contributed by atoms with Gasteiger partial charge in [-0.15, -0.1) is 0 Å². The van der Waals surface area contributed by atoms with E-state index in [0.717, 1.165) is 5.75 Å². The maximum absolute atomic E-state index is 12.1. The number of carbonyl (C=O) groups is 1. The number of ether oxygens (including phenoxy) is 4. The molecule has 0 aliphatic rings. The Morgan fingerprint density at radius 3 is 2.16 bits per heavy atom. The number of hydrogen-bond acceptors (Lipinski definition) is 5. The molecule has 25 heavy (non-hydrogen) atoms. The van der Waals surface area contributed by atoms with Gasteiger partial charge >= 0.3 is 0 Å². The van der Waals surface area contributed by atoms with Crippen molar-refractivity contribution >= 4 is 11.6 Å². The van der Waals surface area contributed by atoms with Crippen molar-refractivity contribution in [2.45, 2.75) is 12.8 Å². The summed E-state index contributed by atoms with van der Waals surface area (Å²) >= 11 is 0. The van der Waals surface area contributed by atoms with Crippen molar-refractivity contribution in [1.82, 2.24) is 0 Å². The lowest BCUT2D eigenvalue weighted by Gasteiger charge is -2.14. The lowest BCUT2D eigenvalue weighted by atomic mass is 10.2. The summed E-state index contributed by atoms with van der Waals surface area (Å²) < 4.78 is 21.4. The number of amides is 1. The molecule has 2 aromatic carbocycles. The van der Waals surface area contributed by atoms with Gasteiger partial charge < -0.3 is 24.3 Å². The van der Waals surface area contributed by atoms with Crippen LogP contribution < -0.4 is 24.3 Å². The Morgan fingerprint density at radius 2 is 1.60 bits per heavy atom. The Hall–Kier alpha value is -2.89. The third-order valence-corrected chi connectivity index (χ3v) is 3.51. The molecule has 0 radical (unpaired) electrons. The first-order chi connectivity index (χ1) is 12.2. The van der Waals surface area contributed by atoms with Gasteiger partial charge in [0.15, 0.2) is 11.5 Å². The van der Waals surface area contributed by atoms with E-state index in [9.17, 15) is 4.79 Å². The largest absolute Gasteiger partial charge is 0.494 e. The van der Waals surface area contributed by atoms with Crippen LogP contribution in [0.1, 0.15) is 12.8 Å². The summed E-state index contributed by atoms with van der Waals surface area (Å²) in [5.41, 5.74) is 0.587. The minimum atomic E-state index is -0.106. The zero-order valence-corrected chi connectivity index (χ0v) is 14.7. The predicted octanol–water partition coefficient (Wildman–Crippen LogP) is 3.51. The van der Waals surface area contributed by atoms with E-state index in [2.05, 4.69) is 5.32 Å². The highest BCUT2D eigenvalue weighted by molar-refractivity contribution is 5.91. The molecule has 0 spiro atoms. The summed E-state index contributed by atoms with van der Waals surface area (Å²) in [4.78, 5) is 12.1. The number of anilines is 1. The van der Waals surface area contributed by atoms with Crippen molar-refractivity contribution in [2.75, 3.05) is 33.3 Å². The minimum Gasteiger partial charge on any atom is -0.494 e. The fraction of sp³-hybridized carbons (Fsp3) is 0.316. The second-order valence-electron chi connectivity index (χ2n) is 5.23. The molecule has 0 aromatic heterocycles. The lowest BCUT2D eigenvalue weighted by Crippen LogP contribution is -2.13. The number of rotatable bonds is 9. The normalized spacial score (nSPS) is 10.0. The van der Waals surface area contributed by atoms with Crippen LogP contribution in [0.5, 0.6) is 23.0 Å². The first-order valence-corrected chi connectivity index (χ1v) is 7.95. The SMILES string of the molecule is COc1cc(NC(=O)CCCOc2ccccc2)cc(OC)c1OC. The molecule has 6 nitrogen and oxygen atoms in total. The van der Waals surface area contributed by atoms with Crippen molar-refractivity contribution in [3.05, 3.63) is 42.5 Å². The fourth-order valence-electron chi connectivity index (χ4n) is 2.32. The Labute approximate surface area is 147 Å². The van der Waals surface area contributed by atoms with E-state index in [1.807, 2.05) is 30.3 Å². The van der Waals surface area contributed by atoms with E-state index in [0.29, 0.717) is 42.4 Å². The molecule has 1 N–H and O–H groups in total. The predicted molar refractivity (Wildman–Crippen MR) is 95.9 cm³/mol. The van der Waals surface area contributed by atoms with Crippen LogP contribution >= 0.6 is 0 Å². The highest BCUT2D eigenvalue weighted by atomic mass is 16.5. The number of methoxy groups -OCH3 is 3. The Bertz CT molecular complexity index is 662. The highest BCUT2D eigenvalue weighted by Gasteiger charge is 2.14. The quantitative estimate of drug-likeness (QED) is 0.705. The van der Waals surface area contributed by atoms with Gasteiger partial charge in [0, 0.05) is 24.2 Å². The van der Waals surface area contributed by atoms with Crippen molar-refractivity contribution in [2.24, 2.45) is 0 Å². The van der Waals surface area contributed by atoms with Crippen molar-refractivity contribution < 1.29 is 23.7 Å². The van der Waals surface area contributed by atoms with Crippen LogP contribution in [0.2, 0.25) is 0 Å². The number of benzene rings is 2. The first-order valence-electron chi connectivity index (χ1n) is 7.95. The van der Waals surface area contributed by atoms with Crippen LogP contribution in [0.25, 0.3) is 0 Å². The molecular weight excluding hydrogens is 322 g/mol. The topological polar surface area (TPSA) is 66.0 Å². The Balaban J connectivity index is 1.87. The Kier molecular flexibility index (Phi) is 6.95. The average Bonchev–Trinajstić information content (AvgIpc) is 2.65. The standard InChI is InChI=1S/C19H23NO5/c1-22-16-12-14(13-17(23-2)19(16)24-3)20-18(21)10-7-11-25-15-8-5-4-6-9-15/h4-6,8-9,12-13H,7,10-11H2,1-3H3,(H,20,21). The van der Waals surface area contributed by atoms with Crippen molar-refractivity contribution in [1.29, 1.82) is 0 Å². The molecule has 2 aromatic rings. The van der Waals surface area contributed by atoms with Gasteiger partial charge in [-0.05, 0) is 18.6 Å². The summed E-state index contributed by atoms with van der Waals surface area (Å²) in [6, 6.07) is 12.9. The molecule has 134 valence electrons. The molecule has 0 saturated heterocycles. The van der Waals surface area contributed by atoms with Crippen LogP contribution in [0.3, 0.4) is 0 Å². The summed E-state index contributed by atoms with van der Waals surface area (Å²) in [7, 11) is 4.60. The molecule has 0 atom stereocenters. The smallest absolute Gasteiger partial charge is 0.224 e. The molecule has 2 rings (SSSR count). The maximum Gasteiger partial charge on any atom is 0.224 e. The van der Waals surface area contributed by atoms with E-state index < -0.39 is 0 Å². The molecule has 6 heteroatoms. The number of hydrogen-bond donors (Lipinski definition) is 1. The highest BCUT2D eigenvalue weighted by Crippen LogP contribution is 2.39. The van der Waals surface area contributed by atoms with Crippen LogP contribution in [0, 0.1) is 0 Å². The Morgan fingerprint density at radius 1 is 0.960 bits per heavy atom. The number of nitrogens with one attached hydrogen (secondary N) is 1. The van der Waals surface area contributed by atoms with Gasteiger partial charge in [-0.3, -0.25) is 4.79 Å². The lowest BCUT2D eigenvalue weighted by molar-refractivity contribution is -0.116. The van der Waals surface area contributed by atoms with Gasteiger partial charge in [-0.1, -0.05) is 18.2 Å². The molecule has 0 heterocycles. The van der Waals surface area contributed by atoms with Gasteiger partial charge in [0.25, 0.3) is 0 Å². The van der Waals surface area contributed by atoms with E-state index in [4.69, 9.17) is 18.9 Å². The summed E-state index contributed by atoms with van der Waals surface area (Å²) in [5.74, 6) is 2.16. The molecule has 1 amide bonds. The second-order valence-corrected chi connectivity index (χ2v) is 5.23. The maximum atomic E-state index is 12.1. The van der Waals surface area contributed by atoms with Crippen LogP contribution in [0.15, 0.2) is 42.5 Å². The monoisotopic (exact) mass is 345 g/mol. The van der Waals surface area contributed by atoms with Gasteiger partial charge in [-0.2, -0.15) is 0 Å². The summed E-state index contributed by atoms with van der Waals surface area (Å²) in [6.45, 7) is 0.479. The molecule has 0 aliphatic heterocycles. The van der Waals surface area contributed by atoms with Gasteiger partial charge in [0.05, 0.1) is 27.9 Å². The third-order valence-electron chi connectivity index (χ3n) is 3.51. The molecule has 0 aliphatic carbocycles. The van der Waals surface area contributed by atoms with Gasteiger partial charge in [0.1, 0.15) is 5.75 Å².